The molecule has 1 aliphatic heterocycles. The van der Waals surface area contributed by atoms with Crippen molar-refractivity contribution in [3.05, 3.63) is 21.3 Å². The fraction of sp³-hybridized carbons (Fsp3) is 0.500. The minimum atomic E-state index is 0. The van der Waals surface area contributed by atoms with Crippen LogP contribution in [0.3, 0.4) is 0 Å². The summed E-state index contributed by atoms with van der Waals surface area (Å²) in [4.78, 5) is 14.5. The van der Waals surface area contributed by atoms with Crippen LogP contribution >= 0.6 is 35.0 Å². The van der Waals surface area contributed by atoms with E-state index in [1.165, 1.54) is 0 Å². The maximum absolute atomic E-state index is 12.6. The predicted molar refractivity (Wildman–Crippen MR) is 92.9 cm³/mol. The molecule has 118 valence electrons. The molecule has 21 heavy (non-hydrogen) atoms. The van der Waals surface area contributed by atoms with Crippen molar-refractivity contribution in [1.29, 1.82) is 0 Å². The smallest absolute Gasteiger partial charge is 0.255 e. The summed E-state index contributed by atoms with van der Waals surface area (Å²) in [5.41, 5.74) is 0.671. The first-order valence-electron chi connectivity index (χ1n) is 6.59. The highest BCUT2D eigenvalue weighted by atomic mass is 127. The lowest BCUT2D eigenvalue weighted by molar-refractivity contribution is 0.0765. The molecule has 1 heterocycles. The topological polar surface area (TPSA) is 50.8 Å². The number of carbonyl (C=O) groups is 1. The maximum Gasteiger partial charge on any atom is 0.255 e. The zero-order chi connectivity index (χ0) is 14.5. The summed E-state index contributed by atoms with van der Waals surface area (Å²) in [5.74, 6) is 1.29. The third kappa shape index (κ3) is 4.37. The van der Waals surface area contributed by atoms with E-state index in [9.17, 15) is 4.79 Å². The van der Waals surface area contributed by atoms with Gasteiger partial charge in [-0.2, -0.15) is 0 Å². The van der Waals surface area contributed by atoms with Gasteiger partial charge in [0.15, 0.2) is 11.5 Å². The van der Waals surface area contributed by atoms with Crippen LogP contribution in [-0.2, 0) is 0 Å². The number of carbonyl (C=O) groups excluding carboxylic acids is 1. The molecule has 0 unspecified atom stereocenters. The van der Waals surface area contributed by atoms with Gasteiger partial charge in [-0.25, -0.2) is 0 Å². The summed E-state index contributed by atoms with van der Waals surface area (Å²) >= 11 is 2.16. The maximum atomic E-state index is 12.6. The van der Waals surface area contributed by atoms with Gasteiger partial charge in [-0.15, -0.1) is 12.4 Å². The average Bonchev–Trinajstić information content (AvgIpc) is 2.75. The molecule has 1 aliphatic rings. The standard InChI is InChI=1S/C14H19IN2O3.ClH/c1-19-12-8-10(11(15)9-13(12)20-2)14(18)17-6-3-4-16-5-7-17;/h8-9,16H,3-7H2,1-2H3;1H. The summed E-state index contributed by atoms with van der Waals surface area (Å²) in [5, 5.41) is 3.30. The van der Waals surface area contributed by atoms with E-state index in [1.807, 2.05) is 11.0 Å². The molecule has 1 amide bonds. The average molecular weight is 427 g/mol. The van der Waals surface area contributed by atoms with Gasteiger partial charge in [0, 0.05) is 23.2 Å². The zero-order valence-corrected chi connectivity index (χ0v) is 15.1. The Morgan fingerprint density at radius 1 is 1.19 bits per heavy atom. The molecule has 0 saturated carbocycles. The van der Waals surface area contributed by atoms with Crippen molar-refractivity contribution in [2.45, 2.75) is 6.42 Å². The number of nitrogens with zero attached hydrogens (tertiary/aromatic N) is 1. The molecule has 1 aromatic rings. The van der Waals surface area contributed by atoms with E-state index in [4.69, 9.17) is 9.47 Å². The second-order valence-electron chi connectivity index (χ2n) is 4.58. The summed E-state index contributed by atoms with van der Waals surface area (Å²) < 4.78 is 11.4. The van der Waals surface area contributed by atoms with E-state index in [0.717, 1.165) is 36.2 Å². The van der Waals surface area contributed by atoms with Crippen LogP contribution < -0.4 is 14.8 Å². The molecule has 1 fully saturated rings. The van der Waals surface area contributed by atoms with Gasteiger partial charge in [-0.3, -0.25) is 4.79 Å². The number of ether oxygens (including phenoxy) is 2. The summed E-state index contributed by atoms with van der Waals surface area (Å²) in [6.07, 6.45) is 0.982. The highest BCUT2D eigenvalue weighted by Crippen LogP contribution is 2.31. The molecule has 0 radical (unpaired) electrons. The Morgan fingerprint density at radius 2 is 1.86 bits per heavy atom. The van der Waals surface area contributed by atoms with Gasteiger partial charge in [-0.1, -0.05) is 0 Å². The van der Waals surface area contributed by atoms with Crippen molar-refractivity contribution in [1.82, 2.24) is 10.2 Å². The van der Waals surface area contributed by atoms with Crippen LogP contribution in [0.5, 0.6) is 11.5 Å². The lowest BCUT2D eigenvalue weighted by Gasteiger charge is -2.21. The number of rotatable bonds is 3. The van der Waals surface area contributed by atoms with E-state index < -0.39 is 0 Å². The van der Waals surface area contributed by atoms with Gasteiger partial charge in [-0.05, 0) is 47.7 Å². The van der Waals surface area contributed by atoms with Crippen LogP contribution in [-0.4, -0.2) is 51.2 Å². The summed E-state index contributed by atoms with van der Waals surface area (Å²) in [6.45, 7) is 3.34. The van der Waals surface area contributed by atoms with E-state index in [0.29, 0.717) is 17.1 Å². The van der Waals surface area contributed by atoms with Gasteiger partial charge in [0.1, 0.15) is 0 Å². The van der Waals surface area contributed by atoms with Gasteiger partial charge >= 0.3 is 0 Å². The molecule has 0 spiro atoms. The van der Waals surface area contributed by atoms with Crippen LogP contribution in [0.1, 0.15) is 16.8 Å². The van der Waals surface area contributed by atoms with Crippen molar-refractivity contribution < 1.29 is 14.3 Å². The molecule has 1 N–H and O–H groups in total. The number of halogens is 2. The number of hydrogen-bond donors (Lipinski definition) is 1. The molecule has 0 atom stereocenters. The van der Waals surface area contributed by atoms with Crippen LogP contribution in [0.25, 0.3) is 0 Å². The Hall–Kier alpha value is -0.730. The zero-order valence-electron chi connectivity index (χ0n) is 12.1. The van der Waals surface area contributed by atoms with Crippen LogP contribution in [0, 0.1) is 3.57 Å². The molecule has 2 rings (SSSR count). The van der Waals surface area contributed by atoms with Crippen molar-refractivity contribution in [3.63, 3.8) is 0 Å². The fourth-order valence-electron chi connectivity index (χ4n) is 2.24. The monoisotopic (exact) mass is 426 g/mol. The molecular weight excluding hydrogens is 407 g/mol. The summed E-state index contributed by atoms with van der Waals surface area (Å²) in [6, 6.07) is 3.60. The Bertz CT molecular complexity index is 491. The minimum Gasteiger partial charge on any atom is -0.493 e. The second kappa shape index (κ2) is 8.65. The molecule has 1 aromatic carbocycles. The lowest BCUT2D eigenvalue weighted by atomic mass is 10.1. The Morgan fingerprint density at radius 3 is 2.52 bits per heavy atom. The summed E-state index contributed by atoms with van der Waals surface area (Å²) in [7, 11) is 3.17. The van der Waals surface area contributed by atoms with Gasteiger partial charge in [0.2, 0.25) is 0 Å². The van der Waals surface area contributed by atoms with E-state index >= 15 is 0 Å². The highest BCUT2D eigenvalue weighted by molar-refractivity contribution is 14.1. The fourth-order valence-corrected chi connectivity index (χ4v) is 2.91. The lowest BCUT2D eigenvalue weighted by Crippen LogP contribution is -2.34. The molecule has 0 bridgehead atoms. The van der Waals surface area contributed by atoms with Gasteiger partial charge in [0.05, 0.1) is 19.8 Å². The second-order valence-corrected chi connectivity index (χ2v) is 5.74. The molecule has 0 aliphatic carbocycles. The third-order valence-electron chi connectivity index (χ3n) is 3.33. The van der Waals surface area contributed by atoms with Gasteiger partial charge < -0.3 is 19.7 Å². The molecule has 7 heteroatoms. The molecule has 5 nitrogen and oxygen atoms in total. The van der Waals surface area contributed by atoms with Crippen molar-refractivity contribution in [2.75, 3.05) is 40.4 Å². The Kier molecular flexibility index (Phi) is 7.55. The third-order valence-corrected chi connectivity index (χ3v) is 4.22. The van der Waals surface area contributed by atoms with Crippen molar-refractivity contribution in [3.8, 4) is 11.5 Å². The molecule has 1 saturated heterocycles. The van der Waals surface area contributed by atoms with Crippen molar-refractivity contribution in [2.24, 2.45) is 0 Å². The largest absolute Gasteiger partial charge is 0.493 e. The van der Waals surface area contributed by atoms with Gasteiger partial charge in [0.25, 0.3) is 5.91 Å². The number of benzene rings is 1. The SMILES string of the molecule is COc1cc(I)c(C(=O)N2CCCNCC2)cc1OC.Cl. The number of nitrogens with one attached hydrogen (secondary N) is 1. The first-order valence-corrected chi connectivity index (χ1v) is 7.66. The minimum absolute atomic E-state index is 0. The quantitative estimate of drug-likeness (QED) is 0.753. The van der Waals surface area contributed by atoms with Crippen LogP contribution in [0.2, 0.25) is 0 Å². The van der Waals surface area contributed by atoms with E-state index in [2.05, 4.69) is 27.9 Å². The normalized spacial score (nSPS) is 14.9. The van der Waals surface area contributed by atoms with E-state index in [1.54, 1.807) is 20.3 Å². The van der Waals surface area contributed by atoms with Crippen LogP contribution in [0.15, 0.2) is 12.1 Å². The number of amides is 1. The van der Waals surface area contributed by atoms with Crippen molar-refractivity contribution >= 4 is 40.9 Å². The van der Waals surface area contributed by atoms with E-state index in [-0.39, 0.29) is 18.3 Å². The number of methoxy groups -OCH3 is 2. The van der Waals surface area contributed by atoms with Crippen LogP contribution in [0.4, 0.5) is 0 Å². The first kappa shape index (κ1) is 18.3. The Balaban J connectivity index is 0.00000220. The number of hydrogen-bond acceptors (Lipinski definition) is 4. The molecule has 0 aromatic heterocycles. The first-order chi connectivity index (χ1) is 9.67. The highest BCUT2D eigenvalue weighted by Gasteiger charge is 2.21. The Labute approximate surface area is 144 Å². The predicted octanol–water partition coefficient (Wildman–Crippen LogP) is 2.17. The molecular formula is C14H20ClIN2O3.